The van der Waals surface area contributed by atoms with Crippen LogP contribution in [0.5, 0.6) is 0 Å². The van der Waals surface area contributed by atoms with Gasteiger partial charge < -0.3 is 0 Å². The van der Waals surface area contributed by atoms with Crippen LogP contribution in [-0.2, 0) is 39.5 Å². The maximum Gasteiger partial charge on any atom is 0.0436 e. The van der Waals surface area contributed by atoms with Gasteiger partial charge in [-0.1, -0.05) is 18.2 Å². The standard InChI is InChI=1S/C9H11I2N.C6H10N2.Pt/c1-7-3-4-9(5-8(7)2)6-12(10)11;1-3-8-5-4-7(2)6-8;/h3-5H,6H2,1-2H3;4-5H,3H2,1-2H3;. The van der Waals surface area contributed by atoms with Crippen molar-refractivity contribution in [2.24, 2.45) is 7.05 Å². The van der Waals surface area contributed by atoms with Crippen molar-refractivity contribution in [3.05, 3.63) is 51.1 Å². The molecule has 2 rings (SSSR count). The maximum absolute atomic E-state index is 2.31. The molecule has 0 spiro atoms. The molecule has 0 unspecified atom stereocenters. The minimum Gasteiger partial charge on any atom is -0.184 e. The third kappa shape index (κ3) is 6.67. The number of imidazole rings is 1. The van der Waals surface area contributed by atoms with E-state index in [1.807, 2.05) is 0 Å². The van der Waals surface area contributed by atoms with E-state index in [-0.39, 0.29) is 0 Å². The summed E-state index contributed by atoms with van der Waals surface area (Å²) in [6, 6.07) is 6.62. The average molecular weight is 692 g/mol. The minimum absolute atomic E-state index is 1.00. The van der Waals surface area contributed by atoms with E-state index in [1.54, 1.807) is 0 Å². The van der Waals surface area contributed by atoms with Crippen molar-refractivity contribution in [1.82, 2.24) is 10.5 Å². The van der Waals surface area contributed by atoms with E-state index in [2.05, 4.69) is 134 Å². The van der Waals surface area contributed by atoms with Gasteiger partial charge in [-0.2, -0.15) is 1.33 Å². The summed E-state index contributed by atoms with van der Waals surface area (Å²) >= 11 is 6.88. The van der Waals surface area contributed by atoms with Gasteiger partial charge >= 0.3 is 65.2 Å². The SMILES string of the molecule is CCn1ccn(C)[c]1=[Pt].Cc1ccc(CN(I)I)cc1C. The van der Waals surface area contributed by atoms with Crippen LogP contribution < -0.4 is 0 Å². The molecule has 0 saturated carbocycles. The van der Waals surface area contributed by atoms with Crippen molar-refractivity contribution < 1.29 is 19.4 Å². The fourth-order valence-electron chi connectivity index (χ4n) is 1.76. The molecule has 0 aliphatic carbocycles. The number of aromatic nitrogens is 2. The molecule has 6 heteroatoms. The number of aryl methyl sites for hydroxylation is 4. The van der Waals surface area contributed by atoms with Crippen LogP contribution in [0.1, 0.15) is 23.6 Å². The maximum atomic E-state index is 2.31. The van der Waals surface area contributed by atoms with Crippen LogP contribution in [0.4, 0.5) is 0 Å². The van der Waals surface area contributed by atoms with Crippen LogP contribution in [0.25, 0.3) is 0 Å². The van der Waals surface area contributed by atoms with Gasteiger partial charge in [-0.15, -0.1) is 0 Å². The molecule has 0 amide bonds. The molecule has 3 nitrogen and oxygen atoms in total. The van der Waals surface area contributed by atoms with Crippen LogP contribution in [0.15, 0.2) is 30.6 Å². The predicted molar refractivity (Wildman–Crippen MR) is 102 cm³/mol. The second kappa shape index (κ2) is 9.63. The largest absolute Gasteiger partial charge is 0.184 e. The first-order valence-corrected chi connectivity index (χ1v) is 9.74. The van der Waals surface area contributed by atoms with Gasteiger partial charge in [0.1, 0.15) is 0 Å². The minimum atomic E-state index is 1.00. The van der Waals surface area contributed by atoms with Gasteiger partial charge in [-0.05, 0) is 30.5 Å². The number of rotatable bonds is 3. The van der Waals surface area contributed by atoms with E-state index in [4.69, 9.17) is 0 Å². The number of hydrogen-bond acceptors (Lipinski definition) is 1. The Kier molecular flexibility index (Phi) is 8.98. The molecule has 21 heavy (non-hydrogen) atoms. The third-order valence-corrected chi connectivity index (χ3v) is 5.31. The smallest absolute Gasteiger partial charge is 0.0436 e. The Morgan fingerprint density at radius 1 is 1.14 bits per heavy atom. The van der Waals surface area contributed by atoms with E-state index in [0.717, 1.165) is 13.1 Å². The normalized spacial score (nSPS) is 10.5. The van der Waals surface area contributed by atoms with Crippen LogP contribution in [0.3, 0.4) is 0 Å². The summed E-state index contributed by atoms with van der Waals surface area (Å²) in [5.74, 6) is 0. The Morgan fingerprint density at radius 3 is 2.19 bits per heavy atom. The Morgan fingerprint density at radius 2 is 1.81 bits per heavy atom. The van der Waals surface area contributed by atoms with Gasteiger partial charge in [0, 0.05) is 52.3 Å². The van der Waals surface area contributed by atoms with Crippen LogP contribution >= 0.6 is 45.7 Å². The topological polar surface area (TPSA) is 13.1 Å². The van der Waals surface area contributed by atoms with Crippen LogP contribution in [0, 0.1) is 17.7 Å². The van der Waals surface area contributed by atoms with Crippen molar-refractivity contribution in [3.8, 4) is 0 Å². The summed E-state index contributed by atoms with van der Waals surface area (Å²) < 4.78 is 7.70. The Hall–Kier alpha value is 0.538. The van der Waals surface area contributed by atoms with Crippen molar-refractivity contribution in [1.29, 1.82) is 0 Å². The summed E-state index contributed by atoms with van der Waals surface area (Å²) in [7, 11) is 2.05. The van der Waals surface area contributed by atoms with Gasteiger partial charge in [0.25, 0.3) is 0 Å². The molecule has 1 heterocycles. The number of hydrogen-bond donors (Lipinski definition) is 0. The third-order valence-electron chi connectivity index (χ3n) is 3.17. The summed E-state index contributed by atoms with van der Waals surface area (Å²) in [5.41, 5.74) is 4.12. The Labute approximate surface area is 166 Å². The molecule has 1 aromatic carbocycles. The zero-order valence-electron chi connectivity index (χ0n) is 12.7. The number of nitrogens with zero attached hydrogens (tertiary/aromatic N) is 3. The molecule has 0 saturated heterocycles. The Balaban J connectivity index is 0.000000219. The molecule has 0 aliphatic rings. The average Bonchev–Trinajstić information content (AvgIpc) is 2.74. The van der Waals surface area contributed by atoms with Crippen LogP contribution in [0.2, 0.25) is 0 Å². The first kappa shape index (κ1) is 19.6. The molecule has 0 fully saturated rings. The van der Waals surface area contributed by atoms with Gasteiger partial charge in [-0.25, -0.2) is 0 Å². The van der Waals surface area contributed by atoms with Crippen molar-refractivity contribution in [2.75, 3.05) is 0 Å². The first-order chi connectivity index (χ1) is 9.85. The van der Waals surface area contributed by atoms with Crippen molar-refractivity contribution >= 4 is 45.7 Å². The van der Waals surface area contributed by atoms with Crippen LogP contribution in [-0.4, -0.2) is 10.5 Å². The van der Waals surface area contributed by atoms with E-state index in [9.17, 15) is 0 Å². The fraction of sp³-hybridized carbons (Fsp3) is 0.400. The van der Waals surface area contributed by atoms with Crippen molar-refractivity contribution in [3.63, 3.8) is 0 Å². The van der Waals surface area contributed by atoms with Crippen molar-refractivity contribution in [2.45, 2.75) is 33.9 Å². The zero-order valence-corrected chi connectivity index (χ0v) is 19.3. The monoisotopic (exact) mass is 692 g/mol. The van der Waals surface area contributed by atoms with Gasteiger partial charge in [0.15, 0.2) is 0 Å². The summed E-state index contributed by atoms with van der Waals surface area (Å²) in [6.45, 7) is 8.50. The quantitative estimate of drug-likeness (QED) is 0.336. The fourth-order valence-corrected chi connectivity index (χ4v) is 3.25. The van der Waals surface area contributed by atoms with Gasteiger partial charge in [0.05, 0.1) is 0 Å². The molecule has 120 valence electrons. The predicted octanol–water partition coefficient (Wildman–Crippen LogP) is 4.73. The van der Waals surface area contributed by atoms with E-state index in [1.165, 1.54) is 20.5 Å². The van der Waals surface area contributed by atoms with Gasteiger partial charge in [0.2, 0.25) is 0 Å². The molecular weight excluding hydrogens is 671 g/mol. The zero-order chi connectivity index (χ0) is 16.0. The number of halogens is 2. The second-order valence-electron chi connectivity index (χ2n) is 4.82. The molecule has 0 aliphatic heterocycles. The van der Waals surface area contributed by atoms with E-state index >= 15 is 0 Å². The molecular formula is C15H21I2N3Pt. The number of benzene rings is 1. The first-order valence-electron chi connectivity index (χ1n) is 6.67. The van der Waals surface area contributed by atoms with E-state index < -0.39 is 0 Å². The molecule has 2 aromatic rings. The molecule has 0 bridgehead atoms. The van der Waals surface area contributed by atoms with Gasteiger partial charge in [-0.3, -0.25) is 0 Å². The molecule has 0 N–H and O–H groups in total. The second-order valence-corrected chi connectivity index (χ2v) is 10.0. The molecule has 1 aromatic heterocycles. The summed E-state index contributed by atoms with van der Waals surface area (Å²) in [5, 5.41) is 0. The Bertz CT molecular complexity index is 632. The molecule has 0 atom stereocenters. The molecule has 0 radical (unpaired) electrons. The van der Waals surface area contributed by atoms with E-state index in [0.29, 0.717) is 0 Å². The summed E-state index contributed by atoms with van der Waals surface area (Å²) in [6.07, 6.45) is 4.15. The summed E-state index contributed by atoms with van der Waals surface area (Å²) in [4.78, 5) is 0.